The van der Waals surface area contributed by atoms with Gasteiger partial charge in [-0.3, -0.25) is 9.63 Å². The largest absolute Gasteiger partial charge is 0.497 e. The lowest BCUT2D eigenvalue weighted by molar-refractivity contribution is -0.116. The lowest BCUT2D eigenvalue weighted by atomic mass is 10.2. The highest BCUT2D eigenvalue weighted by atomic mass is 19.1. The first kappa shape index (κ1) is 20.3. The monoisotopic (exact) mass is 395 g/mol. The second-order valence-electron chi connectivity index (χ2n) is 6.30. The maximum absolute atomic E-state index is 13.0. The standard InChI is InChI=1S/C22H22FN3O3/c1-26(29-15-17-7-11-19(28-2)12-8-17)22(27)20-4-3-13-24-21(20)25-14-16-5-9-18(23)10-6-16/h3-13H,14-15H2,1-2H3,(H,24,25). The number of nitrogens with one attached hydrogen (secondary N) is 1. The predicted molar refractivity (Wildman–Crippen MR) is 108 cm³/mol. The van der Waals surface area contributed by atoms with E-state index in [0.717, 1.165) is 16.9 Å². The molecule has 1 heterocycles. The van der Waals surface area contributed by atoms with Crippen molar-refractivity contribution in [1.29, 1.82) is 0 Å². The number of halogens is 1. The molecule has 29 heavy (non-hydrogen) atoms. The Hall–Kier alpha value is -3.45. The number of hydrogen-bond acceptors (Lipinski definition) is 5. The van der Waals surface area contributed by atoms with Gasteiger partial charge < -0.3 is 10.1 Å². The molecule has 1 amide bonds. The summed E-state index contributed by atoms with van der Waals surface area (Å²) in [6.07, 6.45) is 1.60. The molecule has 150 valence electrons. The van der Waals surface area contributed by atoms with E-state index in [9.17, 15) is 9.18 Å². The van der Waals surface area contributed by atoms with Gasteiger partial charge in [-0.25, -0.2) is 14.4 Å². The van der Waals surface area contributed by atoms with Gasteiger partial charge in [-0.1, -0.05) is 24.3 Å². The van der Waals surface area contributed by atoms with Crippen LogP contribution in [0.2, 0.25) is 0 Å². The van der Waals surface area contributed by atoms with E-state index in [2.05, 4.69) is 10.3 Å². The average molecular weight is 395 g/mol. The molecule has 0 aliphatic carbocycles. The Bertz CT molecular complexity index is 946. The molecule has 0 bridgehead atoms. The number of nitrogens with zero attached hydrogens (tertiary/aromatic N) is 2. The van der Waals surface area contributed by atoms with Gasteiger partial charge in [-0.15, -0.1) is 0 Å². The lowest BCUT2D eigenvalue weighted by Gasteiger charge is -2.18. The van der Waals surface area contributed by atoms with Crippen LogP contribution >= 0.6 is 0 Å². The van der Waals surface area contributed by atoms with Gasteiger partial charge in [0.15, 0.2) is 0 Å². The van der Waals surface area contributed by atoms with Crippen LogP contribution in [0.5, 0.6) is 5.75 Å². The molecular formula is C22H22FN3O3. The van der Waals surface area contributed by atoms with Gasteiger partial charge in [0.2, 0.25) is 0 Å². The van der Waals surface area contributed by atoms with Gasteiger partial charge in [0.25, 0.3) is 5.91 Å². The molecule has 0 unspecified atom stereocenters. The van der Waals surface area contributed by atoms with Crippen molar-refractivity contribution in [2.45, 2.75) is 13.2 Å². The van der Waals surface area contributed by atoms with Crippen molar-refractivity contribution in [3.63, 3.8) is 0 Å². The van der Waals surface area contributed by atoms with Crippen molar-refractivity contribution < 1.29 is 18.8 Å². The van der Waals surface area contributed by atoms with E-state index in [1.54, 1.807) is 44.6 Å². The van der Waals surface area contributed by atoms with Crippen molar-refractivity contribution in [3.8, 4) is 5.75 Å². The van der Waals surface area contributed by atoms with Crippen molar-refractivity contribution in [3.05, 3.63) is 89.4 Å². The first-order valence-corrected chi connectivity index (χ1v) is 9.04. The van der Waals surface area contributed by atoms with Crippen molar-refractivity contribution in [2.24, 2.45) is 0 Å². The van der Waals surface area contributed by atoms with Crippen LogP contribution in [0.25, 0.3) is 0 Å². The van der Waals surface area contributed by atoms with Gasteiger partial charge in [-0.05, 0) is 47.5 Å². The number of methoxy groups -OCH3 is 1. The molecule has 0 spiro atoms. The molecule has 2 aromatic carbocycles. The summed E-state index contributed by atoms with van der Waals surface area (Å²) in [6.45, 7) is 0.652. The van der Waals surface area contributed by atoms with Crippen LogP contribution in [0.1, 0.15) is 21.5 Å². The van der Waals surface area contributed by atoms with Crippen LogP contribution in [0.3, 0.4) is 0 Å². The Labute approximate surface area is 168 Å². The number of amides is 1. The van der Waals surface area contributed by atoms with Crippen LogP contribution in [-0.2, 0) is 18.0 Å². The highest BCUT2D eigenvalue weighted by Gasteiger charge is 2.17. The minimum Gasteiger partial charge on any atom is -0.497 e. The molecule has 0 fully saturated rings. The van der Waals surface area contributed by atoms with E-state index in [1.807, 2.05) is 24.3 Å². The number of anilines is 1. The Kier molecular flexibility index (Phi) is 6.76. The molecule has 7 heteroatoms. The van der Waals surface area contributed by atoms with E-state index >= 15 is 0 Å². The fourth-order valence-corrected chi connectivity index (χ4v) is 2.63. The van der Waals surface area contributed by atoms with Gasteiger partial charge >= 0.3 is 0 Å². The zero-order chi connectivity index (χ0) is 20.6. The molecule has 0 saturated carbocycles. The molecule has 3 aromatic rings. The molecule has 0 radical (unpaired) electrons. The zero-order valence-corrected chi connectivity index (χ0v) is 16.3. The van der Waals surface area contributed by atoms with Crippen LogP contribution in [0, 0.1) is 5.82 Å². The first-order chi connectivity index (χ1) is 14.1. The third-order valence-electron chi connectivity index (χ3n) is 4.28. The molecule has 0 aliphatic rings. The SMILES string of the molecule is COc1ccc(CON(C)C(=O)c2cccnc2NCc2ccc(F)cc2)cc1. The highest BCUT2D eigenvalue weighted by Crippen LogP contribution is 2.17. The number of ether oxygens (including phenoxy) is 1. The maximum Gasteiger partial charge on any atom is 0.280 e. The molecule has 0 atom stereocenters. The number of carbonyl (C=O) groups is 1. The fourth-order valence-electron chi connectivity index (χ4n) is 2.63. The molecule has 6 nitrogen and oxygen atoms in total. The number of benzene rings is 2. The van der Waals surface area contributed by atoms with Gasteiger partial charge in [0.05, 0.1) is 12.7 Å². The van der Waals surface area contributed by atoms with Gasteiger partial charge in [-0.2, -0.15) is 0 Å². The van der Waals surface area contributed by atoms with E-state index in [-0.39, 0.29) is 18.3 Å². The van der Waals surface area contributed by atoms with E-state index in [0.29, 0.717) is 17.9 Å². The second kappa shape index (κ2) is 9.66. The third-order valence-corrected chi connectivity index (χ3v) is 4.28. The lowest BCUT2D eigenvalue weighted by Crippen LogP contribution is -2.28. The highest BCUT2D eigenvalue weighted by molar-refractivity contribution is 5.97. The van der Waals surface area contributed by atoms with Crippen molar-refractivity contribution in [1.82, 2.24) is 10.0 Å². The van der Waals surface area contributed by atoms with Crippen molar-refractivity contribution >= 4 is 11.7 Å². The number of pyridine rings is 1. The van der Waals surface area contributed by atoms with E-state index in [4.69, 9.17) is 9.57 Å². The minimum atomic E-state index is -0.326. The third kappa shape index (κ3) is 5.52. The summed E-state index contributed by atoms with van der Waals surface area (Å²) < 4.78 is 18.2. The number of hydrogen-bond donors (Lipinski definition) is 1. The number of carbonyl (C=O) groups excluding carboxylic acids is 1. The summed E-state index contributed by atoms with van der Waals surface area (Å²) in [5.41, 5.74) is 2.16. The summed E-state index contributed by atoms with van der Waals surface area (Å²) >= 11 is 0. The molecule has 0 saturated heterocycles. The summed E-state index contributed by atoms with van der Waals surface area (Å²) in [5, 5.41) is 4.31. The molecule has 1 N–H and O–H groups in total. The zero-order valence-electron chi connectivity index (χ0n) is 16.3. The Morgan fingerprint density at radius 3 is 2.45 bits per heavy atom. The van der Waals surface area contributed by atoms with Crippen LogP contribution in [-0.4, -0.2) is 30.1 Å². The Morgan fingerprint density at radius 1 is 1.07 bits per heavy atom. The van der Waals surface area contributed by atoms with E-state index in [1.165, 1.54) is 17.2 Å². The topological polar surface area (TPSA) is 63.7 Å². The summed E-state index contributed by atoms with van der Waals surface area (Å²) in [6, 6.07) is 16.9. The van der Waals surface area contributed by atoms with Crippen LogP contribution in [0.15, 0.2) is 66.9 Å². The van der Waals surface area contributed by atoms with Gasteiger partial charge in [0, 0.05) is 19.8 Å². The number of aromatic nitrogens is 1. The van der Waals surface area contributed by atoms with Crippen LogP contribution < -0.4 is 10.1 Å². The van der Waals surface area contributed by atoms with Crippen LogP contribution in [0.4, 0.5) is 10.2 Å². The van der Waals surface area contributed by atoms with Gasteiger partial charge in [0.1, 0.15) is 24.0 Å². The molecule has 0 aliphatic heterocycles. The molecular weight excluding hydrogens is 373 g/mol. The Balaban J connectivity index is 1.62. The molecule has 3 rings (SSSR count). The fraction of sp³-hybridized carbons (Fsp3) is 0.182. The molecule has 1 aromatic heterocycles. The predicted octanol–water partition coefficient (Wildman–Crippen LogP) is 4.05. The normalized spacial score (nSPS) is 10.4. The summed E-state index contributed by atoms with van der Waals surface area (Å²) in [5.74, 6) is 0.568. The first-order valence-electron chi connectivity index (χ1n) is 9.04. The maximum atomic E-state index is 13.0. The van der Waals surface area contributed by atoms with E-state index < -0.39 is 0 Å². The number of hydroxylamine groups is 2. The quantitative estimate of drug-likeness (QED) is 0.583. The minimum absolute atomic E-state index is 0.241. The summed E-state index contributed by atoms with van der Waals surface area (Å²) in [4.78, 5) is 22.6. The smallest absolute Gasteiger partial charge is 0.280 e. The number of rotatable bonds is 8. The Morgan fingerprint density at radius 2 is 1.76 bits per heavy atom. The second-order valence-corrected chi connectivity index (χ2v) is 6.30. The summed E-state index contributed by atoms with van der Waals surface area (Å²) in [7, 11) is 3.16. The van der Waals surface area contributed by atoms with Crippen molar-refractivity contribution in [2.75, 3.05) is 19.5 Å². The average Bonchev–Trinajstić information content (AvgIpc) is 2.77.